The summed E-state index contributed by atoms with van der Waals surface area (Å²) in [6, 6.07) is 7.38. The first-order chi connectivity index (χ1) is 9.88. The number of aryl methyl sites for hydroxylation is 1. The van der Waals surface area contributed by atoms with Crippen LogP contribution in [-0.2, 0) is 11.3 Å². The minimum Gasteiger partial charge on any atom is -0.348 e. The first-order valence-corrected chi connectivity index (χ1v) is 7.80. The van der Waals surface area contributed by atoms with Gasteiger partial charge in [0.15, 0.2) is 0 Å². The zero-order valence-corrected chi connectivity index (χ0v) is 14.5. The van der Waals surface area contributed by atoms with Gasteiger partial charge in [-0.1, -0.05) is 23.7 Å². The lowest BCUT2D eigenvalue weighted by molar-refractivity contribution is -0.122. The Morgan fingerprint density at radius 1 is 1.48 bits per heavy atom. The molecule has 0 saturated heterocycles. The van der Waals surface area contributed by atoms with E-state index in [0.29, 0.717) is 5.02 Å². The molecular formula is C15H17BrClN3O. The lowest BCUT2D eigenvalue weighted by Gasteiger charge is -2.15. The molecule has 1 atom stereocenters. The summed E-state index contributed by atoms with van der Waals surface area (Å²) in [4.78, 5) is 12.1. The maximum absolute atomic E-state index is 12.1. The number of hydrogen-bond acceptors (Lipinski definition) is 2. The summed E-state index contributed by atoms with van der Waals surface area (Å²) in [6.45, 7) is 5.96. The minimum absolute atomic E-state index is 0.0828. The van der Waals surface area contributed by atoms with E-state index < -0.39 is 0 Å². The highest BCUT2D eigenvalue weighted by molar-refractivity contribution is 9.10. The number of benzene rings is 1. The maximum atomic E-state index is 12.1. The van der Waals surface area contributed by atoms with Crippen LogP contribution in [0.4, 0.5) is 0 Å². The molecule has 0 spiro atoms. The average Bonchev–Trinajstić information content (AvgIpc) is 2.66. The second-order valence-electron chi connectivity index (χ2n) is 4.99. The fraction of sp³-hybridized carbons (Fsp3) is 0.333. The molecule has 6 heteroatoms. The van der Waals surface area contributed by atoms with Crippen molar-refractivity contribution in [2.75, 3.05) is 0 Å². The second kappa shape index (κ2) is 6.62. The van der Waals surface area contributed by atoms with Crippen LogP contribution in [0.5, 0.6) is 0 Å². The average molecular weight is 371 g/mol. The van der Waals surface area contributed by atoms with Crippen molar-refractivity contribution in [3.63, 3.8) is 0 Å². The van der Waals surface area contributed by atoms with E-state index in [1.165, 1.54) is 0 Å². The van der Waals surface area contributed by atoms with Gasteiger partial charge in [-0.25, -0.2) is 0 Å². The summed E-state index contributed by atoms with van der Waals surface area (Å²) in [7, 11) is 0. The van der Waals surface area contributed by atoms with Gasteiger partial charge in [0, 0.05) is 5.02 Å². The summed E-state index contributed by atoms with van der Waals surface area (Å²) < 4.78 is 2.64. The van der Waals surface area contributed by atoms with Crippen LogP contribution in [0.25, 0.3) is 0 Å². The Balaban J connectivity index is 2.03. The highest BCUT2D eigenvalue weighted by Gasteiger charge is 2.14. The van der Waals surface area contributed by atoms with Gasteiger partial charge >= 0.3 is 0 Å². The van der Waals surface area contributed by atoms with Gasteiger partial charge in [-0.15, -0.1) is 0 Å². The highest BCUT2D eigenvalue weighted by Crippen LogP contribution is 2.20. The third-order valence-electron chi connectivity index (χ3n) is 3.31. The lowest BCUT2D eigenvalue weighted by atomic mass is 10.1. The number of hydrogen-bond donors (Lipinski definition) is 1. The van der Waals surface area contributed by atoms with Crippen molar-refractivity contribution in [1.82, 2.24) is 15.1 Å². The number of carbonyl (C=O) groups excluding carboxylic acids is 1. The molecule has 112 valence electrons. The van der Waals surface area contributed by atoms with Crippen LogP contribution >= 0.6 is 27.5 Å². The molecule has 1 aromatic heterocycles. The number of aromatic nitrogens is 2. The summed E-state index contributed by atoms with van der Waals surface area (Å²) in [5.41, 5.74) is 2.80. The molecule has 0 bridgehead atoms. The molecule has 0 aliphatic heterocycles. The Morgan fingerprint density at radius 3 is 2.76 bits per heavy atom. The molecule has 0 unspecified atom stereocenters. The first kappa shape index (κ1) is 16.0. The van der Waals surface area contributed by atoms with Crippen LogP contribution in [0, 0.1) is 13.8 Å². The van der Waals surface area contributed by atoms with Crippen LogP contribution in [0.3, 0.4) is 0 Å². The molecule has 0 aliphatic carbocycles. The van der Waals surface area contributed by atoms with Gasteiger partial charge in [0.1, 0.15) is 6.54 Å². The molecule has 1 aromatic carbocycles. The number of nitrogens with one attached hydrogen (secondary N) is 1. The van der Waals surface area contributed by atoms with Crippen LogP contribution in [0.1, 0.15) is 29.9 Å². The van der Waals surface area contributed by atoms with Crippen LogP contribution in [0.2, 0.25) is 5.02 Å². The Bertz CT molecular complexity index is 669. The van der Waals surface area contributed by atoms with Crippen molar-refractivity contribution in [3.8, 4) is 0 Å². The van der Waals surface area contributed by atoms with Gasteiger partial charge in [-0.05, 0) is 54.4 Å². The molecular weight excluding hydrogens is 354 g/mol. The maximum Gasteiger partial charge on any atom is 0.242 e. The summed E-state index contributed by atoms with van der Waals surface area (Å²) in [5.74, 6) is -0.0828. The largest absolute Gasteiger partial charge is 0.348 e. The summed E-state index contributed by atoms with van der Waals surface area (Å²) in [6.07, 6.45) is 0. The quantitative estimate of drug-likeness (QED) is 0.890. The monoisotopic (exact) mass is 369 g/mol. The van der Waals surface area contributed by atoms with Crippen LogP contribution in [-0.4, -0.2) is 15.7 Å². The van der Waals surface area contributed by atoms with Crippen LogP contribution in [0.15, 0.2) is 28.7 Å². The Kier molecular flexibility index (Phi) is 5.06. The Labute approximate surface area is 137 Å². The predicted molar refractivity (Wildman–Crippen MR) is 87.4 cm³/mol. The molecule has 0 aliphatic rings. The highest BCUT2D eigenvalue weighted by atomic mass is 79.9. The van der Waals surface area contributed by atoms with Crippen LogP contribution < -0.4 is 5.32 Å². The molecule has 2 rings (SSSR count). The van der Waals surface area contributed by atoms with E-state index in [1.54, 1.807) is 4.68 Å². The van der Waals surface area contributed by atoms with Gasteiger partial charge in [0.05, 0.1) is 21.9 Å². The third-order valence-corrected chi connectivity index (χ3v) is 4.70. The van der Waals surface area contributed by atoms with Crippen molar-refractivity contribution in [2.24, 2.45) is 0 Å². The first-order valence-electron chi connectivity index (χ1n) is 6.63. The van der Waals surface area contributed by atoms with Crippen molar-refractivity contribution in [2.45, 2.75) is 33.4 Å². The molecule has 0 saturated carbocycles. The smallest absolute Gasteiger partial charge is 0.242 e. The fourth-order valence-corrected chi connectivity index (χ4v) is 2.59. The van der Waals surface area contributed by atoms with Gasteiger partial charge < -0.3 is 5.32 Å². The number of halogens is 2. The fourth-order valence-electron chi connectivity index (χ4n) is 2.11. The normalized spacial score (nSPS) is 12.2. The van der Waals surface area contributed by atoms with E-state index in [0.717, 1.165) is 21.4 Å². The molecule has 21 heavy (non-hydrogen) atoms. The van der Waals surface area contributed by atoms with Crippen molar-refractivity contribution in [3.05, 3.63) is 50.7 Å². The van der Waals surface area contributed by atoms with Gasteiger partial charge in [0.2, 0.25) is 5.91 Å². The molecule has 1 amide bonds. The SMILES string of the molecule is Cc1nn(CC(=O)N[C@H](C)c2cccc(Cl)c2)c(C)c1Br. The van der Waals surface area contributed by atoms with Crippen molar-refractivity contribution >= 4 is 33.4 Å². The molecule has 1 heterocycles. The van der Waals surface area contributed by atoms with Gasteiger partial charge in [-0.2, -0.15) is 5.10 Å². The van der Waals surface area contributed by atoms with E-state index in [9.17, 15) is 4.79 Å². The van der Waals surface area contributed by atoms with Crippen molar-refractivity contribution in [1.29, 1.82) is 0 Å². The summed E-state index contributed by atoms with van der Waals surface area (Å²) in [5, 5.41) is 7.95. The molecule has 0 fully saturated rings. The zero-order valence-electron chi connectivity index (χ0n) is 12.2. The predicted octanol–water partition coefficient (Wildman–Crippen LogP) is 3.79. The zero-order chi connectivity index (χ0) is 15.6. The number of rotatable bonds is 4. The number of amides is 1. The number of carbonyl (C=O) groups is 1. The molecule has 0 radical (unpaired) electrons. The standard InChI is InChI=1S/C15H17BrClN3O/c1-9(12-5-4-6-13(17)7-12)18-14(21)8-20-11(3)15(16)10(2)19-20/h4-7,9H,8H2,1-3H3,(H,18,21)/t9-/m1/s1. The molecule has 2 aromatic rings. The third kappa shape index (κ3) is 3.86. The topological polar surface area (TPSA) is 46.9 Å². The van der Waals surface area contributed by atoms with E-state index in [-0.39, 0.29) is 18.5 Å². The van der Waals surface area contributed by atoms with E-state index in [4.69, 9.17) is 11.6 Å². The Morgan fingerprint density at radius 2 is 2.19 bits per heavy atom. The molecule has 4 nitrogen and oxygen atoms in total. The second-order valence-corrected chi connectivity index (χ2v) is 6.22. The molecule has 1 N–H and O–H groups in total. The van der Waals surface area contributed by atoms with E-state index in [2.05, 4.69) is 26.3 Å². The summed E-state index contributed by atoms with van der Waals surface area (Å²) >= 11 is 9.42. The van der Waals surface area contributed by atoms with Crippen molar-refractivity contribution < 1.29 is 4.79 Å². The Hall–Kier alpha value is -1.33. The minimum atomic E-state index is -0.100. The van der Waals surface area contributed by atoms with E-state index >= 15 is 0 Å². The van der Waals surface area contributed by atoms with Gasteiger partial charge in [-0.3, -0.25) is 9.48 Å². The van der Waals surface area contributed by atoms with E-state index in [1.807, 2.05) is 45.0 Å². The van der Waals surface area contributed by atoms with Gasteiger partial charge in [0.25, 0.3) is 0 Å². The number of nitrogens with zero attached hydrogens (tertiary/aromatic N) is 2. The lowest BCUT2D eigenvalue weighted by Crippen LogP contribution is -2.30.